The molecule has 2 atom stereocenters. The lowest BCUT2D eigenvalue weighted by atomic mass is 9.72. The van der Waals surface area contributed by atoms with Crippen molar-refractivity contribution in [3.05, 3.63) is 29.8 Å². The molecule has 0 aromatic heterocycles. The number of amides is 2. The quantitative estimate of drug-likeness (QED) is 0.700. The van der Waals surface area contributed by atoms with Crippen LogP contribution in [0.5, 0.6) is 5.75 Å². The minimum absolute atomic E-state index is 0.0737. The Hall–Kier alpha value is -2.16. The third-order valence-corrected chi connectivity index (χ3v) is 6.47. The lowest BCUT2D eigenvalue weighted by Crippen LogP contribution is -2.52. The van der Waals surface area contributed by atoms with E-state index in [-0.39, 0.29) is 30.3 Å². The van der Waals surface area contributed by atoms with E-state index < -0.39 is 12.2 Å². The van der Waals surface area contributed by atoms with Crippen LogP contribution in [0.25, 0.3) is 0 Å². The molecule has 2 aliphatic rings. The van der Waals surface area contributed by atoms with Gasteiger partial charge in [-0.25, -0.2) is 0 Å². The molecule has 2 heterocycles. The van der Waals surface area contributed by atoms with Gasteiger partial charge in [0.15, 0.2) is 6.61 Å². The summed E-state index contributed by atoms with van der Waals surface area (Å²) in [5.41, 5.74) is 0.404. The van der Waals surface area contributed by atoms with Crippen LogP contribution in [0.2, 0.25) is 0 Å². The van der Waals surface area contributed by atoms with Gasteiger partial charge in [-0.05, 0) is 50.4 Å². The van der Waals surface area contributed by atoms with Gasteiger partial charge in [0.25, 0.3) is 5.91 Å². The second-order valence-electron chi connectivity index (χ2n) is 9.31. The van der Waals surface area contributed by atoms with E-state index in [1.54, 1.807) is 18.0 Å². The Morgan fingerprint density at radius 2 is 1.87 bits per heavy atom. The largest absolute Gasteiger partial charge is 0.483 e. The zero-order valence-corrected chi connectivity index (χ0v) is 18.8. The number of ether oxygens (including phenoxy) is 1. The predicted octanol–water partition coefficient (Wildman–Crippen LogP) is 0.362. The standard InChI is InChI=1S/C23H35N3O5/c1-24(2)14-21(29)26-10-8-23(9-11-26)13-19(28)18(27)12-17-6-4-5-7-20(17)31-15-22(30)25(3)16-23/h4-7,18-19,27-28H,8-16H2,1-3H3/t18-,19+/m0/s1. The van der Waals surface area contributed by atoms with Crippen LogP contribution in [-0.4, -0.2) is 103 Å². The molecule has 2 aliphatic heterocycles. The molecule has 2 N–H and O–H groups in total. The summed E-state index contributed by atoms with van der Waals surface area (Å²) in [5.74, 6) is 0.512. The molecule has 3 rings (SSSR count). The van der Waals surface area contributed by atoms with Crippen molar-refractivity contribution in [2.75, 3.05) is 53.9 Å². The van der Waals surface area contributed by atoms with Gasteiger partial charge in [-0.15, -0.1) is 0 Å². The van der Waals surface area contributed by atoms with Crippen LogP contribution in [-0.2, 0) is 16.0 Å². The zero-order chi connectivity index (χ0) is 22.6. The summed E-state index contributed by atoms with van der Waals surface area (Å²) in [6.07, 6.45) is 0.112. The number of hydrogen-bond acceptors (Lipinski definition) is 6. The first-order valence-corrected chi connectivity index (χ1v) is 10.9. The number of likely N-dealkylation sites (N-methyl/N-ethyl adjacent to an activating group) is 2. The fourth-order valence-corrected chi connectivity index (χ4v) is 4.62. The summed E-state index contributed by atoms with van der Waals surface area (Å²) in [7, 11) is 5.49. The van der Waals surface area contributed by atoms with Crippen molar-refractivity contribution in [2.24, 2.45) is 5.41 Å². The summed E-state index contributed by atoms with van der Waals surface area (Å²) in [6.45, 7) is 1.91. The Morgan fingerprint density at radius 1 is 1.19 bits per heavy atom. The molecule has 1 spiro atoms. The van der Waals surface area contributed by atoms with Crippen molar-refractivity contribution in [3.8, 4) is 5.75 Å². The average Bonchev–Trinajstić information content (AvgIpc) is 2.72. The van der Waals surface area contributed by atoms with E-state index in [1.807, 2.05) is 42.1 Å². The van der Waals surface area contributed by atoms with Crippen molar-refractivity contribution in [1.82, 2.24) is 14.7 Å². The Morgan fingerprint density at radius 3 is 2.55 bits per heavy atom. The van der Waals surface area contributed by atoms with Crippen LogP contribution < -0.4 is 4.74 Å². The van der Waals surface area contributed by atoms with Crippen molar-refractivity contribution in [2.45, 2.75) is 37.9 Å². The van der Waals surface area contributed by atoms with E-state index >= 15 is 0 Å². The number of para-hydroxylation sites is 1. The van der Waals surface area contributed by atoms with E-state index in [1.165, 1.54) is 0 Å². The number of carbonyl (C=O) groups excluding carboxylic acids is 2. The topological polar surface area (TPSA) is 93.5 Å². The number of fused-ring (bicyclic) bond motifs is 1. The van der Waals surface area contributed by atoms with E-state index in [9.17, 15) is 19.8 Å². The number of carbonyl (C=O) groups is 2. The van der Waals surface area contributed by atoms with Gasteiger partial charge in [0.05, 0.1) is 18.8 Å². The van der Waals surface area contributed by atoms with E-state index in [2.05, 4.69) is 0 Å². The number of likely N-dealkylation sites (tertiary alicyclic amines) is 1. The van der Waals surface area contributed by atoms with Crippen LogP contribution in [0.1, 0.15) is 24.8 Å². The molecule has 0 saturated carbocycles. The molecule has 8 heteroatoms. The maximum absolute atomic E-state index is 12.7. The Bertz CT molecular complexity index is 776. The molecule has 0 radical (unpaired) electrons. The minimum atomic E-state index is -0.935. The number of aliphatic hydroxyl groups excluding tert-OH is 2. The van der Waals surface area contributed by atoms with Crippen molar-refractivity contribution >= 4 is 11.8 Å². The molecule has 1 saturated heterocycles. The Kier molecular flexibility index (Phi) is 7.56. The fraction of sp³-hybridized carbons (Fsp3) is 0.652. The molecule has 0 unspecified atom stereocenters. The van der Waals surface area contributed by atoms with Gasteiger partial charge in [0, 0.05) is 33.1 Å². The highest BCUT2D eigenvalue weighted by atomic mass is 16.5. The summed E-state index contributed by atoms with van der Waals surface area (Å²) in [4.78, 5) is 30.5. The predicted molar refractivity (Wildman–Crippen MR) is 117 cm³/mol. The number of rotatable bonds is 2. The van der Waals surface area contributed by atoms with Gasteiger partial charge in [-0.2, -0.15) is 0 Å². The minimum Gasteiger partial charge on any atom is -0.483 e. The smallest absolute Gasteiger partial charge is 0.260 e. The van der Waals surface area contributed by atoms with Crippen molar-refractivity contribution < 1.29 is 24.5 Å². The summed E-state index contributed by atoms with van der Waals surface area (Å²) < 4.78 is 5.75. The SMILES string of the molecule is CN(C)CC(=O)N1CCC2(CC1)C[C@@H](O)[C@@H](O)Cc1ccccc1OCC(=O)N(C)C2. The summed E-state index contributed by atoms with van der Waals surface area (Å²) >= 11 is 0. The molecule has 0 bridgehead atoms. The third-order valence-electron chi connectivity index (χ3n) is 6.47. The van der Waals surface area contributed by atoms with Crippen molar-refractivity contribution in [3.63, 3.8) is 0 Å². The van der Waals surface area contributed by atoms with Gasteiger partial charge >= 0.3 is 0 Å². The molecular weight excluding hydrogens is 398 g/mol. The molecule has 0 aliphatic carbocycles. The monoisotopic (exact) mass is 433 g/mol. The first-order chi connectivity index (χ1) is 14.7. The van der Waals surface area contributed by atoms with Crippen LogP contribution in [0.4, 0.5) is 0 Å². The van der Waals surface area contributed by atoms with Crippen LogP contribution in [0.15, 0.2) is 24.3 Å². The third kappa shape index (κ3) is 5.96. The lowest BCUT2D eigenvalue weighted by Gasteiger charge is -2.45. The van der Waals surface area contributed by atoms with Crippen LogP contribution in [0, 0.1) is 5.41 Å². The number of nitrogens with zero attached hydrogens (tertiary/aromatic N) is 3. The first-order valence-electron chi connectivity index (χ1n) is 10.9. The second-order valence-corrected chi connectivity index (χ2v) is 9.31. The van der Waals surface area contributed by atoms with Crippen LogP contribution in [0.3, 0.4) is 0 Å². The zero-order valence-electron chi connectivity index (χ0n) is 18.8. The van der Waals surface area contributed by atoms with Gasteiger partial charge in [-0.1, -0.05) is 18.2 Å². The average molecular weight is 434 g/mol. The maximum atomic E-state index is 12.7. The summed E-state index contributed by atoms with van der Waals surface area (Å²) in [6, 6.07) is 7.29. The molecule has 1 fully saturated rings. The molecule has 8 nitrogen and oxygen atoms in total. The van der Waals surface area contributed by atoms with Gasteiger partial charge in [0.1, 0.15) is 5.75 Å². The molecular formula is C23H35N3O5. The second kappa shape index (κ2) is 9.97. The lowest BCUT2D eigenvalue weighted by molar-refractivity contribution is -0.139. The maximum Gasteiger partial charge on any atom is 0.260 e. The number of piperidine rings is 1. The van der Waals surface area contributed by atoms with E-state index in [0.29, 0.717) is 51.2 Å². The highest BCUT2D eigenvalue weighted by Gasteiger charge is 2.40. The number of benzene rings is 1. The molecule has 172 valence electrons. The summed E-state index contributed by atoms with van der Waals surface area (Å²) in [5, 5.41) is 21.6. The Labute approximate surface area is 184 Å². The number of aliphatic hydroxyl groups is 2. The molecule has 1 aromatic carbocycles. The van der Waals surface area contributed by atoms with Crippen molar-refractivity contribution in [1.29, 1.82) is 0 Å². The van der Waals surface area contributed by atoms with Gasteiger partial charge in [-0.3, -0.25) is 9.59 Å². The molecule has 2 amide bonds. The molecule has 31 heavy (non-hydrogen) atoms. The fourth-order valence-electron chi connectivity index (χ4n) is 4.62. The van der Waals surface area contributed by atoms with Gasteiger partial charge < -0.3 is 29.6 Å². The molecule has 1 aromatic rings. The first kappa shape index (κ1) is 23.5. The Balaban J connectivity index is 1.78. The van der Waals surface area contributed by atoms with E-state index in [4.69, 9.17) is 4.74 Å². The van der Waals surface area contributed by atoms with E-state index in [0.717, 1.165) is 5.56 Å². The highest BCUT2D eigenvalue weighted by Crippen LogP contribution is 2.38. The highest BCUT2D eigenvalue weighted by molar-refractivity contribution is 5.78. The van der Waals surface area contributed by atoms with Gasteiger partial charge in [0.2, 0.25) is 5.91 Å². The van der Waals surface area contributed by atoms with Crippen LogP contribution >= 0.6 is 0 Å². The normalized spacial score (nSPS) is 24.9. The number of hydrogen-bond donors (Lipinski definition) is 2.